The van der Waals surface area contributed by atoms with Crippen molar-refractivity contribution in [3.05, 3.63) is 24.6 Å². The average Bonchev–Trinajstić information content (AvgIpc) is 3.17. The maximum atomic E-state index is 11.5. The molecule has 4 heteroatoms. The quantitative estimate of drug-likeness (QED) is 0.129. The second-order valence-corrected chi connectivity index (χ2v) is 9.41. The van der Waals surface area contributed by atoms with E-state index in [4.69, 9.17) is 0 Å². The van der Waals surface area contributed by atoms with Gasteiger partial charge in [0.2, 0.25) is 5.91 Å². The molecule has 31 heavy (non-hydrogen) atoms. The van der Waals surface area contributed by atoms with Crippen LogP contribution >= 0.6 is 0 Å². The normalized spacial score (nSPS) is 21.5. The lowest BCUT2D eigenvalue weighted by Crippen LogP contribution is -2.62. The van der Waals surface area contributed by atoms with E-state index in [9.17, 15) is 4.79 Å². The highest BCUT2D eigenvalue weighted by molar-refractivity contribution is 5.72. The van der Waals surface area contributed by atoms with Crippen molar-refractivity contribution in [3.8, 4) is 0 Å². The molecule has 1 rings (SSSR count). The molecule has 2 N–H and O–H groups in total. The molecule has 180 valence electrons. The fourth-order valence-electron chi connectivity index (χ4n) is 4.87. The average molecular weight is 435 g/mol. The molecule has 0 saturated heterocycles. The molecule has 0 radical (unpaired) electrons. The molecule has 0 aromatic carbocycles. The van der Waals surface area contributed by atoms with E-state index >= 15 is 0 Å². The third kappa shape index (κ3) is 11.2. The van der Waals surface area contributed by atoms with Crippen LogP contribution in [0.2, 0.25) is 0 Å². The largest absolute Gasteiger partial charge is 0.338 e. The summed E-state index contributed by atoms with van der Waals surface area (Å²) < 4.78 is 0.784. The fourth-order valence-corrected chi connectivity index (χ4v) is 4.87. The minimum Gasteiger partial charge on any atom is -0.338 e. The minimum absolute atomic E-state index is 0.0415. The van der Waals surface area contributed by atoms with Crippen LogP contribution in [0.1, 0.15) is 124 Å². The van der Waals surface area contributed by atoms with Crippen molar-refractivity contribution in [2.45, 2.75) is 136 Å². The van der Waals surface area contributed by atoms with Crippen molar-refractivity contribution in [1.82, 2.24) is 10.6 Å². The Morgan fingerprint density at radius 2 is 1.48 bits per heavy atom. The summed E-state index contributed by atoms with van der Waals surface area (Å²) in [7, 11) is 0. The van der Waals surface area contributed by atoms with Crippen LogP contribution < -0.4 is 10.6 Å². The van der Waals surface area contributed by atoms with E-state index in [0.29, 0.717) is 6.17 Å². The highest BCUT2D eigenvalue weighted by atomic mass is 16.1. The van der Waals surface area contributed by atoms with E-state index in [0.717, 1.165) is 23.9 Å². The zero-order valence-corrected chi connectivity index (χ0v) is 21.1. The van der Waals surface area contributed by atoms with Crippen LogP contribution in [-0.2, 0) is 4.79 Å². The van der Waals surface area contributed by atoms with Crippen molar-refractivity contribution in [2.24, 2.45) is 0 Å². The lowest BCUT2D eigenvalue weighted by molar-refractivity contribution is -0.923. The number of quaternary nitrogens is 1. The minimum atomic E-state index is 0.0415. The van der Waals surface area contributed by atoms with Gasteiger partial charge in [-0.25, -0.2) is 0 Å². The Bertz CT molecular complexity index is 517. The van der Waals surface area contributed by atoms with Crippen LogP contribution in [0, 0.1) is 0 Å². The summed E-state index contributed by atoms with van der Waals surface area (Å²) in [6.07, 6.45) is 29.7. The van der Waals surface area contributed by atoms with Gasteiger partial charge >= 0.3 is 0 Å². The molecule has 0 fully saturated rings. The molecule has 0 bridgehead atoms. The molecule has 1 heterocycles. The van der Waals surface area contributed by atoms with Crippen LogP contribution in [-0.4, -0.2) is 29.3 Å². The highest BCUT2D eigenvalue weighted by Crippen LogP contribution is 2.25. The van der Waals surface area contributed by atoms with Gasteiger partial charge in [0, 0.05) is 20.3 Å². The fraction of sp³-hybridized carbons (Fsp3) is 0.815. The summed E-state index contributed by atoms with van der Waals surface area (Å²) in [6.45, 7) is 9.17. The zero-order valence-electron chi connectivity index (χ0n) is 21.1. The lowest BCUT2D eigenvalue weighted by atomic mass is 10.0. The molecule has 0 aliphatic carbocycles. The lowest BCUT2D eigenvalue weighted by Gasteiger charge is -2.41. The summed E-state index contributed by atoms with van der Waals surface area (Å²) in [5.41, 5.74) is 0. The number of allylic oxidation sites excluding steroid dienone is 2. The predicted octanol–water partition coefficient (Wildman–Crippen LogP) is 7.13. The van der Waals surface area contributed by atoms with Crippen molar-refractivity contribution in [1.29, 1.82) is 0 Å². The molecular weight excluding hydrogens is 382 g/mol. The molecule has 1 amide bonds. The van der Waals surface area contributed by atoms with Gasteiger partial charge < -0.3 is 10.6 Å². The molecule has 0 aromatic heterocycles. The smallest absolute Gasteiger partial charge is 0.221 e. The van der Waals surface area contributed by atoms with Gasteiger partial charge in [-0.1, -0.05) is 89.7 Å². The van der Waals surface area contributed by atoms with Crippen LogP contribution in [0.5, 0.6) is 0 Å². The first-order chi connectivity index (χ1) is 15.1. The van der Waals surface area contributed by atoms with E-state index in [1.54, 1.807) is 6.92 Å². The SMILES string of the molecule is CCCCCCCCCCCCCC/C=C/CCC1NC=C[N+]1(CC)C(C)NC(C)=O. The first-order valence-electron chi connectivity index (χ1n) is 13.3. The summed E-state index contributed by atoms with van der Waals surface area (Å²) in [6, 6.07) is 0. The number of carbonyl (C=O) groups excluding carboxylic acids is 1. The third-order valence-electron chi connectivity index (χ3n) is 6.90. The number of rotatable bonds is 19. The summed E-state index contributed by atoms with van der Waals surface area (Å²) >= 11 is 0. The number of nitrogens with zero attached hydrogens (tertiary/aromatic N) is 1. The molecule has 1 aliphatic rings. The standard InChI is InChI=1S/C27H51N3O/c1-5-7-8-9-10-11-12-13-14-15-16-17-18-19-20-21-22-27-28-23-24-30(27,6-2)25(3)29-26(4)31/h19-20,23-25,27-28H,5-18,21-22H2,1-4H3/p+1/b20-19+. The molecule has 3 atom stereocenters. The highest BCUT2D eigenvalue weighted by Gasteiger charge is 2.41. The topological polar surface area (TPSA) is 41.1 Å². The first kappa shape index (κ1) is 27.7. The van der Waals surface area contributed by atoms with Crippen LogP contribution in [0.4, 0.5) is 0 Å². The first-order valence-corrected chi connectivity index (χ1v) is 13.3. The summed E-state index contributed by atoms with van der Waals surface area (Å²) in [5, 5.41) is 6.60. The van der Waals surface area contributed by atoms with Gasteiger partial charge in [0.15, 0.2) is 12.3 Å². The summed E-state index contributed by atoms with van der Waals surface area (Å²) in [5.74, 6) is 0.0415. The van der Waals surface area contributed by atoms with Crippen LogP contribution in [0.25, 0.3) is 0 Å². The van der Waals surface area contributed by atoms with Crippen molar-refractivity contribution in [2.75, 3.05) is 6.54 Å². The number of nitrogens with one attached hydrogen (secondary N) is 2. The van der Waals surface area contributed by atoms with E-state index in [1.165, 1.54) is 83.5 Å². The van der Waals surface area contributed by atoms with E-state index in [1.807, 2.05) is 0 Å². The maximum Gasteiger partial charge on any atom is 0.221 e. The summed E-state index contributed by atoms with van der Waals surface area (Å²) in [4.78, 5) is 11.5. The number of unbranched alkanes of at least 4 members (excludes halogenated alkanes) is 12. The van der Waals surface area contributed by atoms with Gasteiger partial charge in [0.05, 0.1) is 12.7 Å². The van der Waals surface area contributed by atoms with Crippen molar-refractivity contribution < 1.29 is 9.28 Å². The second-order valence-electron chi connectivity index (χ2n) is 9.41. The predicted molar refractivity (Wildman–Crippen MR) is 134 cm³/mol. The molecule has 4 nitrogen and oxygen atoms in total. The van der Waals surface area contributed by atoms with Gasteiger partial charge in [0.25, 0.3) is 0 Å². The van der Waals surface area contributed by atoms with Gasteiger partial charge in [0.1, 0.15) is 6.20 Å². The van der Waals surface area contributed by atoms with Crippen LogP contribution in [0.3, 0.4) is 0 Å². The van der Waals surface area contributed by atoms with Gasteiger partial charge in [-0.3, -0.25) is 9.28 Å². The van der Waals surface area contributed by atoms with Gasteiger partial charge in [-0.05, 0) is 26.2 Å². The Balaban J connectivity index is 2.05. The van der Waals surface area contributed by atoms with Crippen molar-refractivity contribution >= 4 is 5.91 Å². The Kier molecular flexibility index (Phi) is 15.5. The van der Waals surface area contributed by atoms with E-state index in [-0.39, 0.29) is 12.1 Å². The number of hydrogen-bond donors (Lipinski definition) is 2. The Hall–Kier alpha value is -1.29. The molecule has 1 aliphatic heterocycles. The van der Waals surface area contributed by atoms with Crippen molar-refractivity contribution in [3.63, 3.8) is 0 Å². The molecule has 0 aromatic rings. The Labute approximate surface area is 193 Å². The number of amides is 1. The Morgan fingerprint density at radius 3 is 2.03 bits per heavy atom. The monoisotopic (exact) mass is 434 g/mol. The maximum absolute atomic E-state index is 11.5. The van der Waals surface area contributed by atoms with E-state index in [2.05, 4.69) is 56.0 Å². The van der Waals surface area contributed by atoms with E-state index < -0.39 is 0 Å². The zero-order chi connectivity index (χ0) is 22.8. The van der Waals surface area contributed by atoms with Gasteiger partial charge in [-0.15, -0.1) is 0 Å². The molecule has 3 unspecified atom stereocenters. The molecule has 0 saturated carbocycles. The molecular formula is C27H52N3O+. The van der Waals surface area contributed by atoms with Crippen LogP contribution in [0.15, 0.2) is 24.6 Å². The second kappa shape index (κ2) is 17.3. The number of hydrogen-bond acceptors (Lipinski definition) is 2. The van der Waals surface area contributed by atoms with Gasteiger partial charge in [-0.2, -0.15) is 0 Å². The molecule has 0 spiro atoms. The third-order valence-corrected chi connectivity index (χ3v) is 6.90. The Morgan fingerprint density at radius 1 is 0.935 bits per heavy atom. The number of carbonyl (C=O) groups is 1.